The van der Waals surface area contributed by atoms with Gasteiger partial charge in [-0.25, -0.2) is 0 Å². The van der Waals surface area contributed by atoms with Gasteiger partial charge in [-0.2, -0.15) is 0 Å². The molecule has 0 aliphatic heterocycles. The second-order valence-corrected chi connectivity index (χ2v) is 4.21. The van der Waals surface area contributed by atoms with Gasteiger partial charge in [-0.15, -0.1) is 0 Å². The Morgan fingerprint density at radius 3 is 2.20 bits per heavy atom. The van der Waals surface area contributed by atoms with Crippen molar-refractivity contribution in [3.8, 4) is 0 Å². The molecule has 1 atom stereocenters. The number of rotatable bonds is 8. The molecule has 0 saturated carbocycles. The van der Waals surface area contributed by atoms with Crippen molar-refractivity contribution in [2.45, 2.75) is 32.7 Å². The molecule has 1 unspecified atom stereocenters. The molecule has 0 spiro atoms. The first-order chi connectivity index (χ1) is 7.02. The maximum absolute atomic E-state index is 11.3. The van der Waals surface area contributed by atoms with Crippen molar-refractivity contribution in [2.75, 3.05) is 27.2 Å². The van der Waals surface area contributed by atoms with Gasteiger partial charge in [-0.1, -0.05) is 26.7 Å². The molecule has 0 radical (unpaired) electrons. The zero-order chi connectivity index (χ0) is 11.8. The number of hydrogen-bond acceptors (Lipinski definition) is 3. The van der Waals surface area contributed by atoms with Gasteiger partial charge >= 0.3 is 0 Å². The van der Waals surface area contributed by atoms with Crippen LogP contribution in [0.4, 0.5) is 0 Å². The molecule has 0 aromatic carbocycles. The van der Waals surface area contributed by atoms with E-state index in [0.29, 0.717) is 5.92 Å². The molecule has 4 nitrogen and oxygen atoms in total. The highest BCUT2D eigenvalue weighted by Crippen LogP contribution is 2.12. The minimum atomic E-state index is -0.234. The molecular formula is C11H25N3O. The van der Waals surface area contributed by atoms with Gasteiger partial charge in [0.2, 0.25) is 5.91 Å². The predicted octanol–water partition coefficient (Wildman–Crippen LogP) is 0.428. The Hall–Kier alpha value is -0.610. The van der Waals surface area contributed by atoms with E-state index in [2.05, 4.69) is 24.1 Å². The van der Waals surface area contributed by atoms with Crippen LogP contribution in [0.15, 0.2) is 0 Å². The molecule has 15 heavy (non-hydrogen) atoms. The van der Waals surface area contributed by atoms with E-state index < -0.39 is 0 Å². The van der Waals surface area contributed by atoms with Crippen LogP contribution in [0.2, 0.25) is 0 Å². The highest BCUT2D eigenvalue weighted by atomic mass is 16.1. The minimum absolute atomic E-state index is 0.181. The van der Waals surface area contributed by atoms with E-state index in [-0.39, 0.29) is 11.9 Å². The fourth-order valence-corrected chi connectivity index (χ4v) is 1.70. The Balaban J connectivity index is 4.09. The third-order valence-corrected chi connectivity index (χ3v) is 2.75. The van der Waals surface area contributed by atoms with Gasteiger partial charge in [0.25, 0.3) is 0 Å². The van der Waals surface area contributed by atoms with Gasteiger partial charge in [0.1, 0.15) is 0 Å². The second kappa shape index (κ2) is 7.65. The summed E-state index contributed by atoms with van der Waals surface area (Å²) in [4.78, 5) is 13.4. The Bertz CT molecular complexity index is 179. The van der Waals surface area contributed by atoms with Crippen LogP contribution < -0.4 is 11.1 Å². The lowest BCUT2D eigenvalue weighted by Gasteiger charge is -2.24. The molecule has 0 rings (SSSR count). The zero-order valence-electron chi connectivity index (χ0n) is 10.4. The Morgan fingerprint density at radius 1 is 1.33 bits per heavy atom. The van der Waals surface area contributed by atoms with Crippen molar-refractivity contribution in [1.29, 1.82) is 0 Å². The van der Waals surface area contributed by atoms with E-state index in [1.165, 1.54) is 0 Å². The quantitative estimate of drug-likeness (QED) is 0.617. The predicted molar refractivity (Wildman–Crippen MR) is 63.6 cm³/mol. The van der Waals surface area contributed by atoms with Gasteiger partial charge < -0.3 is 16.0 Å². The number of carbonyl (C=O) groups excluding carboxylic acids is 1. The maximum Gasteiger partial charge on any atom is 0.234 e. The van der Waals surface area contributed by atoms with E-state index in [1.807, 2.05) is 14.1 Å². The molecule has 1 amide bonds. The smallest absolute Gasteiger partial charge is 0.234 e. The summed E-state index contributed by atoms with van der Waals surface area (Å²) >= 11 is 0. The topological polar surface area (TPSA) is 58.4 Å². The molecule has 0 heterocycles. The molecule has 0 bridgehead atoms. The summed E-state index contributed by atoms with van der Waals surface area (Å²) in [6.07, 6.45) is 1.97. The molecule has 0 fully saturated rings. The fourth-order valence-electron chi connectivity index (χ4n) is 1.70. The first kappa shape index (κ1) is 14.4. The van der Waals surface area contributed by atoms with E-state index in [4.69, 9.17) is 5.73 Å². The third kappa shape index (κ3) is 5.74. The monoisotopic (exact) mass is 215 g/mol. The Kier molecular flexibility index (Phi) is 7.34. The summed E-state index contributed by atoms with van der Waals surface area (Å²) in [6, 6.07) is -0.181. The standard InChI is InChI=1S/C11H25N3O/c1-5-9(6-2)10(11(12)15)13-7-8-14(3)4/h9-10,13H,5-8H2,1-4H3,(H2,12,15). The van der Waals surface area contributed by atoms with E-state index in [0.717, 1.165) is 25.9 Å². The van der Waals surface area contributed by atoms with Crippen LogP contribution >= 0.6 is 0 Å². The fraction of sp³-hybridized carbons (Fsp3) is 0.909. The summed E-state index contributed by atoms with van der Waals surface area (Å²) in [5, 5.41) is 3.24. The zero-order valence-corrected chi connectivity index (χ0v) is 10.4. The average molecular weight is 215 g/mol. The number of hydrogen-bond donors (Lipinski definition) is 2. The first-order valence-electron chi connectivity index (χ1n) is 5.70. The van der Waals surface area contributed by atoms with Crippen molar-refractivity contribution >= 4 is 5.91 Å². The van der Waals surface area contributed by atoms with Crippen LogP contribution in [0.5, 0.6) is 0 Å². The van der Waals surface area contributed by atoms with Gasteiger partial charge in [0.05, 0.1) is 6.04 Å². The number of nitrogens with two attached hydrogens (primary N) is 1. The van der Waals surface area contributed by atoms with Gasteiger partial charge in [-0.3, -0.25) is 4.79 Å². The van der Waals surface area contributed by atoms with Crippen molar-refractivity contribution in [2.24, 2.45) is 11.7 Å². The SMILES string of the molecule is CCC(CC)C(NCCN(C)C)C(N)=O. The van der Waals surface area contributed by atoms with E-state index in [9.17, 15) is 4.79 Å². The number of amides is 1. The average Bonchev–Trinajstić information content (AvgIpc) is 2.16. The number of nitrogens with zero attached hydrogens (tertiary/aromatic N) is 1. The largest absolute Gasteiger partial charge is 0.368 e. The highest BCUT2D eigenvalue weighted by Gasteiger charge is 2.22. The Morgan fingerprint density at radius 2 is 1.87 bits per heavy atom. The van der Waals surface area contributed by atoms with Gasteiger partial charge in [0.15, 0.2) is 0 Å². The van der Waals surface area contributed by atoms with Crippen LogP contribution in [-0.4, -0.2) is 44.0 Å². The maximum atomic E-state index is 11.3. The normalized spacial score (nSPS) is 13.5. The lowest BCUT2D eigenvalue weighted by Crippen LogP contribution is -2.48. The molecule has 3 N–H and O–H groups in total. The second-order valence-electron chi connectivity index (χ2n) is 4.21. The minimum Gasteiger partial charge on any atom is -0.368 e. The molecule has 0 aromatic rings. The van der Waals surface area contributed by atoms with Crippen LogP contribution in [0.3, 0.4) is 0 Å². The number of carbonyl (C=O) groups is 1. The van der Waals surface area contributed by atoms with Gasteiger partial charge in [-0.05, 0) is 20.0 Å². The summed E-state index contributed by atoms with van der Waals surface area (Å²) in [5.41, 5.74) is 5.39. The summed E-state index contributed by atoms with van der Waals surface area (Å²) in [5.74, 6) is 0.118. The summed E-state index contributed by atoms with van der Waals surface area (Å²) in [6.45, 7) is 5.91. The first-order valence-corrected chi connectivity index (χ1v) is 5.70. The van der Waals surface area contributed by atoms with Crippen molar-refractivity contribution in [1.82, 2.24) is 10.2 Å². The van der Waals surface area contributed by atoms with Crippen LogP contribution in [0, 0.1) is 5.92 Å². The Labute approximate surface area is 93.2 Å². The number of likely N-dealkylation sites (N-methyl/N-ethyl adjacent to an activating group) is 1. The molecular weight excluding hydrogens is 190 g/mol. The van der Waals surface area contributed by atoms with Crippen LogP contribution in [-0.2, 0) is 4.79 Å². The summed E-state index contributed by atoms with van der Waals surface area (Å²) in [7, 11) is 4.02. The van der Waals surface area contributed by atoms with Gasteiger partial charge in [0, 0.05) is 13.1 Å². The van der Waals surface area contributed by atoms with E-state index >= 15 is 0 Å². The lowest BCUT2D eigenvalue weighted by molar-refractivity contribution is -0.121. The third-order valence-electron chi connectivity index (χ3n) is 2.75. The molecule has 0 aliphatic rings. The van der Waals surface area contributed by atoms with Crippen molar-refractivity contribution in [3.63, 3.8) is 0 Å². The summed E-state index contributed by atoms with van der Waals surface area (Å²) < 4.78 is 0. The molecule has 0 aromatic heterocycles. The van der Waals surface area contributed by atoms with E-state index in [1.54, 1.807) is 0 Å². The lowest BCUT2D eigenvalue weighted by atomic mass is 9.93. The number of nitrogens with one attached hydrogen (secondary N) is 1. The molecule has 90 valence electrons. The highest BCUT2D eigenvalue weighted by molar-refractivity contribution is 5.80. The van der Waals surface area contributed by atoms with Crippen LogP contribution in [0.25, 0.3) is 0 Å². The molecule has 4 heteroatoms. The van der Waals surface area contributed by atoms with Crippen molar-refractivity contribution in [3.05, 3.63) is 0 Å². The molecule has 0 saturated heterocycles. The number of primary amides is 1. The van der Waals surface area contributed by atoms with Crippen LogP contribution in [0.1, 0.15) is 26.7 Å². The molecule has 0 aliphatic carbocycles. The van der Waals surface area contributed by atoms with Crippen molar-refractivity contribution < 1.29 is 4.79 Å².